The second kappa shape index (κ2) is 7.83. The van der Waals surface area contributed by atoms with E-state index in [0.29, 0.717) is 21.7 Å². The normalized spacial score (nSPS) is 12.1. The number of thioether (sulfide) groups is 1. The molecule has 0 aliphatic carbocycles. The summed E-state index contributed by atoms with van der Waals surface area (Å²) in [7, 11) is 0. The topological polar surface area (TPSA) is 68.0 Å². The van der Waals surface area contributed by atoms with Crippen LogP contribution in [0.15, 0.2) is 51.4 Å². The van der Waals surface area contributed by atoms with Gasteiger partial charge in [-0.05, 0) is 30.5 Å². The summed E-state index contributed by atoms with van der Waals surface area (Å²) in [6, 6.07) is 11.2. The highest BCUT2D eigenvalue weighted by Gasteiger charge is 2.15. The molecule has 0 aliphatic rings. The van der Waals surface area contributed by atoms with E-state index in [1.54, 1.807) is 23.5 Å². The minimum atomic E-state index is -0.0848. The highest BCUT2D eigenvalue weighted by Crippen LogP contribution is 2.28. The van der Waals surface area contributed by atoms with E-state index in [1.165, 1.54) is 11.8 Å². The molecule has 0 fully saturated rings. The number of hydrogen-bond acceptors (Lipinski definition) is 6. The van der Waals surface area contributed by atoms with Crippen molar-refractivity contribution in [2.24, 2.45) is 0 Å². The molecule has 1 amide bonds. The zero-order chi connectivity index (χ0) is 16.9. The van der Waals surface area contributed by atoms with Crippen LogP contribution < -0.4 is 5.32 Å². The Kier molecular flexibility index (Phi) is 5.55. The summed E-state index contributed by atoms with van der Waals surface area (Å²) in [6.07, 6.45) is 0. The van der Waals surface area contributed by atoms with Crippen LogP contribution in [-0.2, 0) is 4.79 Å². The third kappa shape index (κ3) is 4.17. The SMILES string of the molecule is CC(NC(=O)CSc1nnc(-c2ccccc2Cl)o1)c1cccs1. The molecule has 0 saturated carbocycles. The van der Waals surface area contributed by atoms with E-state index >= 15 is 0 Å². The van der Waals surface area contributed by atoms with Gasteiger partial charge < -0.3 is 9.73 Å². The Morgan fingerprint density at radius 2 is 2.17 bits per heavy atom. The lowest BCUT2D eigenvalue weighted by atomic mass is 10.2. The van der Waals surface area contributed by atoms with Crippen LogP contribution in [0.1, 0.15) is 17.8 Å². The number of carbonyl (C=O) groups is 1. The Balaban J connectivity index is 1.56. The average Bonchev–Trinajstić information content (AvgIpc) is 3.25. The largest absolute Gasteiger partial charge is 0.411 e. The number of amides is 1. The molecule has 0 radical (unpaired) electrons. The molecule has 3 aromatic rings. The van der Waals surface area contributed by atoms with Crippen LogP contribution in [0.4, 0.5) is 0 Å². The summed E-state index contributed by atoms with van der Waals surface area (Å²) >= 11 is 8.92. The van der Waals surface area contributed by atoms with Crippen LogP contribution in [0, 0.1) is 0 Å². The molecule has 1 aromatic carbocycles. The molecule has 24 heavy (non-hydrogen) atoms. The zero-order valence-corrected chi connectivity index (χ0v) is 15.1. The summed E-state index contributed by atoms with van der Waals surface area (Å²) < 4.78 is 5.56. The minimum absolute atomic E-state index is 0.0144. The maximum Gasteiger partial charge on any atom is 0.277 e. The van der Waals surface area contributed by atoms with Crippen molar-refractivity contribution in [1.82, 2.24) is 15.5 Å². The van der Waals surface area contributed by atoms with Crippen LogP contribution in [0.25, 0.3) is 11.5 Å². The number of thiophene rings is 1. The highest BCUT2D eigenvalue weighted by molar-refractivity contribution is 7.99. The Hall–Kier alpha value is -1.83. The first-order chi connectivity index (χ1) is 11.6. The fourth-order valence-corrected chi connectivity index (χ4v) is 3.56. The molecule has 0 aliphatic heterocycles. The molecule has 1 atom stereocenters. The molecule has 0 spiro atoms. The van der Waals surface area contributed by atoms with Crippen molar-refractivity contribution in [3.8, 4) is 11.5 Å². The van der Waals surface area contributed by atoms with Gasteiger partial charge in [-0.3, -0.25) is 4.79 Å². The van der Waals surface area contributed by atoms with Gasteiger partial charge in [-0.25, -0.2) is 0 Å². The fourth-order valence-electron chi connectivity index (χ4n) is 2.03. The lowest BCUT2D eigenvalue weighted by molar-refractivity contribution is -0.119. The molecule has 1 unspecified atom stereocenters. The predicted octanol–water partition coefficient (Wildman–Crippen LogP) is 4.42. The zero-order valence-electron chi connectivity index (χ0n) is 12.7. The molecule has 5 nitrogen and oxygen atoms in total. The van der Waals surface area contributed by atoms with E-state index in [-0.39, 0.29) is 17.7 Å². The Labute approximate surface area is 152 Å². The van der Waals surface area contributed by atoms with Crippen LogP contribution in [0.3, 0.4) is 0 Å². The Morgan fingerprint density at radius 1 is 1.33 bits per heavy atom. The quantitative estimate of drug-likeness (QED) is 0.642. The molecule has 1 N–H and O–H groups in total. The van der Waals surface area contributed by atoms with Crippen molar-refractivity contribution in [2.45, 2.75) is 18.2 Å². The Bertz CT molecular complexity index is 820. The van der Waals surface area contributed by atoms with Gasteiger partial charge in [0, 0.05) is 4.88 Å². The molecule has 124 valence electrons. The number of benzene rings is 1. The molecule has 3 rings (SSSR count). The molecule has 2 heterocycles. The maximum absolute atomic E-state index is 12.0. The van der Waals surface area contributed by atoms with Crippen LogP contribution in [-0.4, -0.2) is 21.9 Å². The van der Waals surface area contributed by atoms with Gasteiger partial charge in [0.1, 0.15) is 0 Å². The molecular formula is C16H14ClN3O2S2. The number of aromatic nitrogens is 2. The van der Waals surface area contributed by atoms with Gasteiger partial charge in [0.2, 0.25) is 11.8 Å². The smallest absolute Gasteiger partial charge is 0.277 e. The molecule has 8 heteroatoms. The van der Waals surface area contributed by atoms with Crippen LogP contribution in [0.5, 0.6) is 0 Å². The lowest BCUT2D eigenvalue weighted by Crippen LogP contribution is -2.27. The van der Waals surface area contributed by atoms with Crippen molar-refractivity contribution < 1.29 is 9.21 Å². The average molecular weight is 380 g/mol. The maximum atomic E-state index is 12.0. The first kappa shape index (κ1) is 17.0. The number of nitrogens with zero attached hydrogens (tertiary/aromatic N) is 2. The third-order valence-corrected chi connectivity index (χ3v) is 5.39. The van der Waals surface area contributed by atoms with Gasteiger partial charge in [0.05, 0.1) is 22.4 Å². The van der Waals surface area contributed by atoms with E-state index in [0.717, 1.165) is 4.88 Å². The molecular weight excluding hydrogens is 366 g/mol. The van der Waals surface area contributed by atoms with Crippen molar-refractivity contribution >= 4 is 40.6 Å². The number of carbonyl (C=O) groups excluding carboxylic acids is 1. The molecule has 2 aromatic heterocycles. The number of hydrogen-bond donors (Lipinski definition) is 1. The van der Waals surface area contributed by atoms with Crippen molar-refractivity contribution in [1.29, 1.82) is 0 Å². The van der Waals surface area contributed by atoms with Gasteiger partial charge in [0.15, 0.2) is 0 Å². The van der Waals surface area contributed by atoms with Gasteiger partial charge in [-0.1, -0.05) is 41.6 Å². The summed E-state index contributed by atoms with van der Waals surface area (Å²) in [5, 5.41) is 13.7. The summed E-state index contributed by atoms with van der Waals surface area (Å²) in [4.78, 5) is 13.1. The fraction of sp³-hybridized carbons (Fsp3) is 0.188. The van der Waals surface area contributed by atoms with E-state index in [2.05, 4.69) is 15.5 Å². The minimum Gasteiger partial charge on any atom is -0.411 e. The van der Waals surface area contributed by atoms with Gasteiger partial charge >= 0.3 is 0 Å². The van der Waals surface area contributed by atoms with Crippen LogP contribution >= 0.6 is 34.7 Å². The summed E-state index contributed by atoms with van der Waals surface area (Å²) in [5.41, 5.74) is 0.675. The first-order valence-corrected chi connectivity index (χ1v) is 9.42. The van der Waals surface area contributed by atoms with E-state index < -0.39 is 0 Å². The van der Waals surface area contributed by atoms with Crippen molar-refractivity contribution in [3.63, 3.8) is 0 Å². The lowest BCUT2D eigenvalue weighted by Gasteiger charge is -2.11. The second-order valence-electron chi connectivity index (χ2n) is 4.95. The second-order valence-corrected chi connectivity index (χ2v) is 7.26. The Morgan fingerprint density at radius 3 is 2.92 bits per heavy atom. The number of halogens is 1. The summed E-state index contributed by atoms with van der Waals surface area (Å²) in [5.74, 6) is 0.466. The van der Waals surface area contributed by atoms with Gasteiger partial charge in [0.25, 0.3) is 5.22 Å². The first-order valence-electron chi connectivity index (χ1n) is 7.17. The summed E-state index contributed by atoms with van der Waals surface area (Å²) in [6.45, 7) is 1.95. The predicted molar refractivity (Wildman–Crippen MR) is 96.3 cm³/mol. The van der Waals surface area contributed by atoms with Crippen molar-refractivity contribution in [3.05, 3.63) is 51.7 Å². The van der Waals surface area contributed by atoms with E-state index in [1.807, 2.05) is 36.6 Å². The monoisotopic (exact) mass is 379 g/mol. The third-order valence-electron chi connectivity index (χ3n) is 3.18. The van der Waals surface area contributed by atoms with Crippen LogP contribution in [0.2, 0.25) is 5.02 Å². The van der Waals surface area contributed by atoms with Gasteiger partial charge in [-0.15, -0.1) is 21.5 Å². The van der Waals surface area contributed by atoms with E-state index in [4.69, 9.17) is 16.0 Å². The molecule has 0 bridgehead atoms. The van der Waals surface area contributed by atoms with Gasteiger partial charge in [-0.2, -0.15) is 0 Å². The standard InChI is InChI=1S/C16H14ClN3O2S2/c1-10(13-7-4-8-23-13)18-14(21)9-24-16-20-19-15(22-16)11-5-2-3-6-12(11)17/h2-8,10H,9H2,1H3,(H,18,21). The molecule has 0 saturated heterocycles. The number of nitrogens with one attached hydrogen (secondary N) is 1. The highest BCUT2D eigenvalue weighted by atomic mass is 35.5. The van der Waals surface area contributed by atoms with E-state index in [9.17, 15) is 4.79 Å². The van der Waals surface area contributed by atoms with Crippen molar-refractivity contribution in [2.75, 3.05) is 5.75 Å². The number of rotatable bonds is 6.